The van der Waals surface area contributed by atoms with Gasteiger partial charge < -0.3 is 10.0 Å². The average molecular weight is 265 g/mol. The van der Waals surface area contributed by atoms with Gasteiger partial charge in [-0.2, -0.15) is 5.10 Å². The summed E-state index contributed by atoms with van der Waals surface area (Å²) in [6.07, 6.45) is 6.36. The van der Waals surface area contributed by atoms with Gasteiger partial charge in [0.15, 0.2) is 0 Å². The number of amides is 1. The van der Waals surface area contributed by atoms with Crippen LogP contribution in [-0.4, -0.2) is 44.8 Å². The van der Waals surface area contributed by atoms with Gasteiger partial charge in [-0.25, -0.2) is 0 Å². The van der Waals surface area contributed by atoms with E-state index >= 15 is 0 Å². The fourth-order valence-corrected chi connectivity index (χ4v) is 2.43. The maximum absolute atomic E-state index is 11.9. The minimum atomic E-state index is -0.842. The maximum Gasteiger partial charge on any atom is 0.303 e. The van der Waals surface area contributed by atoms with Crippen LogP contribution in [0.5, 0.6) is 0 Å². The van der Waals surface area contributed by atoms with Gasteiger partial charge in [-0.15, -0.1) is 0 Å². The summed E-state index contributed by atoms with van der Waals surface area (Å²) in [5, 5.41) is 12.8. The van der Waals surface area contributed by atoms with Crippen LogP contribution < -0.4 is 0 Å². The van der Waals surface area contributed by atoms with Crippen LogP contribution in [0.3, 0.4) is 0 Å². The van der Waals surface area contributed by atoms with Gasteiger partial charge in [0.1, 0.15) is 0 Å². The molecule has 1 N–H and O–H groups in total. The van der Waals surface area contributed by atoms with E-state index in [-0.39, 0.29) is 12.3 Å². The largest absolute Gasteiger partial charge is 0.481 e. The van der Waals surface area contributed by atoms with Gasteiger partial charge in [0.05, 0.1) is 6.04 Å². The van der Waals surface area contributed by atoms with E-state index in [9.17, 15) is 9.59 Å². The number of carbonyl (C=O) groups is 2. The molecule has 1 aliphatic heterocycles. The number of carbonyl (C=O) groups excluding carboxylic acids is 1. The van der Waals surface area contributed by atoms with Crippen molar-refractivity contribution in [3.8, 4) is 0 Å². The predicted molar refractivity (Wildman–Crippen MR) is 68.6 cm³/mol. The fourth-order valence-electron chi connectivity index (χ4n) is 2.43. The molecular formula is C13H19N3O3. The second-order valence-corrected chi connectivity index (χ2v) is 4.85. The highest BCUT2D eigenvalue weighted by atomic mass is 16.4. The highest BCUT2D eigenvalue weighted by Crippen LogP contribution is 2.22. The van der Waals surface area contributed by atoms with Gasteiger partial charge >= 0.3 is 5.97 Å². The topological polar surface area (TPSA) is 75.4 Å². The summed E-state index contributed by atoms with van der Waals surface area (Å²) in [6, 6.07) is 2.28. The van der Waals surface area contributed by atoms with Crippen molar-refractivity contribution >= 4 is 11.9 Å². The molecule has 0 radical (unpaired) electrons. The molecule has 0 bridgehead atoms. The third kappa shape index (κ3) is 3.81. The molecule has 0 atom stereocenters. The van der Waals surface area contributed by atoms with Crippen LogP contribution in [0.1, 0.15) is 38.1 Å². The number of hydrogen-bond acceptors (Lipinski definition) is 3. The van der Waals surface area contributed by atoms with E-state index in [1.165, 1.54) is 0 Å². The number of piperidine rings is 1. The number of carboxylic acid groups (broad SMARTS) is 1. The van der Waals surface area contributed by atoms with Crippen LogP contribution in [0, 0.1) is 0 Å². The second kappa shape index (κ2) is 6.36. The summed E-state index contributed by atoms with van der Waals surface area (Å²) in [4.78, 5) is 24.1. The number of likely N-dealkylation sites (tertiary alicyclic amines) is 1. The first-order chi connectivity index (χ1) is 9.16. The Morgan fingerprint density at radius 1 is 1.26 bits per heavy atom. The Balaban J connectivity index is 1.73. The molecule has 0 spiro atoms. The summed E-state index contributed by atoms with van der Waals surface area (Å²) in [7, 11) is 0. The summed E-state index contributed by atoms with van der Waals surface area (Å²) in [6.45, 7) is 1.47. The smallest absolute Gasteiger partial charge is 0.303 e. The molecule has 1 fully saturated rings. The lowest BCUT2D eigenvalue weighted by molar-refractivity contribution is -0.137. The van der Waals surface area contributed by atoms with Gasteiger partial charge in [-0.1, -0.05) is 0 Å². The van der Waals surface area contributed by atoms with Gasteiger partial charge in [-0.3, -0.25) is 14.3 Å². The average Bonchev–Trinajstić information content (AvgIpc) is 2.92. The molecule has 19 heavy (non-hydrogen) atoms. The molecule has 0 unspecified atom stereocenters. The van der Waals surface area contributed by atoms with Crippen molar-refractivity contribution in [3.63, 3.8) is 0 Å². The van der Waals surface area contributed by atoms with Crippen LogP contribution in [0.25, 0.3) is 0 Å². The van der Waals surface area contributed by atoms with Crippen LogP contribution in [0.2, 0.25) is 0 Å². The zero-order valence-corrected chi connectivity index (χ0v) is 10.9. The number of aromatic nitrogens is 2. The molecule has 6 nitrogen and oxygen atoms in total. The molecule has 1 saturated heterocycles. The lowest BCUT2D eigenvalue weighted by atomic mass is 10.0. The van der Waals surface area contributed by atoms with Crippen molar-refractivity contribution in [3.05, 3.63) is 18.5 Å². The molecule has 0 aliphatic carbocycles. The normalized spacial score (nSPS) is 16.5. The molecule has 0 saturated carbocycles. The molecule has 104 valence electrons. The number of carboxylic acids is 1. The van der Waals surface area contributed by atoms with Crippen LogP contribution >= 0.6 is 0 Å². The summed E-state index contributed by atoms with van der Waals surface area (Å²) in [5.41, 5.74) is 0. The molecule has 1 aromatic heterocycles. The van der Waals surface area contributed by atoms with Gasteiger partial charge in [0.25, 0.3) is 0 Å². The van der Waals surface area contributed by atoms with Crippen molar-refractivity contribution in [2.24, 2.45) is 0 Å². The van der Waals surface area contributed by atoms with E-state index in [1.54, 1.807) is 6.20 Å². The van der Waals surface area contributed by atoms with Gasteiger partial charge in [0.2, 0.25) is 5.91 Å². The number of rotatable bonds is 5. The third-order valence-electron chi connectivity index (χ3n) is 3.50. The maximum atomic E-state index is 11.9. The van der Waals surface area contributed by atoms with E-state index < -0.39 is 5.97 Å². The lowest BCUT2D eigenvalue weighted by Gasteiger charge is -2.32. The Hall–Kier alpha value is -1.85. The Labute approximate surface area is 112 Å². The number of aliphatic carboxylic acids is 1. The van der Waals surface area contributed by atoms with Gasteiger partial charge in [0, 0.05) is 38.3 Å². The molecule has 2 rings (SSSR count). The molecule has 1 aromatic rings. The molecule has 6 heteroatoms. The molecule has 1 aliphatic rings. The Bertz CT molecular complexity index is 422. The highest BCUT2D eigenvalue weighted by Gasteiger charge is 2.23. The number of nitrogens with zero attached hydrogens (tertiary/aromatic N) is 3. The first-order valence-corrected chi connectivity index (χ1v) is 6.65. The third-order valence-corrected chi connectivity index (χ3v) is 3.50. The minimum Gasteiger partial charge on any atom is -0.481 e. The Morgan fingerprint density at radius 2 is 2.00 bits per heavy atom. The van der Waals surface area contributed by atoms with Crippen LogP contribution in [0.15, 0.2) is 18.5 Å². The van der Waals surface area contributed by atoms with E-state index in [4.69, 9.17) is 5.11 Å². The predicted octanol–water partition coefficient (Wildman–Crippen LogP) is 1.30. The van der Waals surface area contributed by atoms with E-state index in [1.807, 2.05) is 21.8 Å². The van der Waals surface area contributed by atoms with Crippen LogP contribution in [0.4, 0.5) is 0 Å². The molecular weight excluding hydrogens is 246 g/mol. The minimum absolute atomic E-state index is 0.0650. The molecule has 1 amide bonds. The molecule has 0 aromatic carbocycles. The highest BCUT2D eigenvalue weighted by molar-refractivity contribution is 5.77. The van der Waals surface area contributed by atoms with Crippen molar-refractivity contribution < 1.29 is 14.7 Å². The Kier molecular flexibility index (Phi) is 4.54. The summed E-state index contributed by atoms with van der Waals surface area (Å²) >= 11 is 0. The SMILES string of the molecule is O=C(O)CCCC(=O)N1CCC(n2cccn2)CC1. The van der Waals surface area contributed by atoms with Gasteiger partial charge in [-0.05, 0) is 25.3 Å². The Morgan fingerprint density at radius 3 is 2.58 bits per heavy atom. The second-order valence-electron chi connectivity index (χ2n) is 4.85. The zero-order valence-electron chi connectivity index (χ0n) is 10.9. The van der Waals surface area contributed by atoms with Crippen molar-refractivity contribution in [2.45, 2.75) is 38.1 Å². The summed E-state index contributed by atoms with van der Waals surface area (Å²) in [5.74, 6) is -0.773. The number of hydrogen-bond donors (Lipinski definition) is 1. The van der Waals surface area contributed by atoms with E-state index in [0.717, 1.165) is 25.9 Å². The first kappa shape index (κ1) is 13.6. The van der Waals surface area contributed by atoms with E-state index in [2.05, 4.69) is 5.10 Å². The van der Waals surface area contributed by atoms with Crippen molar-refractivity contribution in [2.75, 3.05) is 13.1 Å². The quantitative estimate of drug-likeness (QED) is 0.870. The standard InChI is InChI=1S/C13H19N3O3/c17-12(3-1-4-13(18)19)15-9-5-11(6-10-15)16-8-2-7-14-16/h2,7-8,11H,1,3-6,9-10H2,(H,18,19). The molecule has 2 heterocycles. The summed E-state index contributed by atoms with van der Waals surface area (Å²) < 4.78 is 1.95. The zero-order chi connectivity index (χ0) is 13.7. The first-order valence-electron chi connectivity index (χ1n) is 6.65. The van der Waals surface area contributed by atoms with Crippen molar-refractivity contribution in [1.29, 1.82) is 0 Å². The van der Waals surface area contributed by atoms with Crippen LogP contribution in [-0.2, 0) is 9.59 Å². The lowest BCUT2D eigenvalue weighted by Crippen LogP contribution is -2.39. The van der Waals surface area contributed by atoms with E-state index in [0.29, 0.717) is 18.9 Å². The fraction of sp³-hybridized carbons (Fsp3) is 0.615. The monoisotopic (exact) mass is 265 g/mol. The van der Waals surface area contributed by atoms with Crippen molar-refractivity contribution in [1.82, 2.24) is 14.7 Å².